The van der Waals surface area contributed by atoms with Crippen LogP contribution in [0.15, 0.2) is 42.5 Å². The molecule has 7 heteroatoms. The van der Waals surface area contributed by atoms with Gasteiger partial charge in [-0.25, -0.2) is 9.59 Å². The summed E-state index contributed by atoms with van der Waals surface area (Å²) in [5.41, 5.74) is 2.99. The summed E-state index contributed by atoms with van der Waals surface area (Å²) in [4.78, 5) is 23.5. The monoisotopic (exact) mass is 498 g/mol. The van der Waals surface area contributed by atoms with E-state index in [1.165, 1.54) is 0 Å². The predicted molar refractivity (Wildman–Crippen MR) is 135 cm³/mol. The molecule has 6 nitrogen and oxygen atoms in total. The SMILES string of the molecule is C=C(C)C(=O)OCCOc1c2c(c(OCCOC(=O)C(=C)C)c3c(Cl)cccc13)C1CCC2C1C. The molecule has 0 saturated heterocycles. The molecule has 0 aliphatic heterocycles. The molecule has 3 atom stereocenters. The van der Waals surface area contributed by atoms with E-state index in [0.29, 0.717) is 33.9 Å². The number of hydrogen-bond acceptors (Lipinski definition) is 6. The fourth-order valence-electron chi connectivity index (χ4n) is 5.29. The third-order valence-corrected chi connectivity index (χ3v) is 7.20. The number of fused-ring (bicyclic) bond motifs is 6. The molecule has 35 heavy (non-hydrogen) atoms. The van der Waals surface area contributed by atoms with Gasteiger partial charge in [0.2, 0.25) is 0 Å². The summed E-state index contributed by atoms with van der Waals surface area (Å²) in [5.74, 6) is 1.80. The van der Waals surface area contributed by atoms with Gasteiger partial charge in [-0.3, -0.25) is 0 Å². The van der Waals surface area contributed by atoms with Crippen LogP contribution < -0.4 is 9.47 Å². The molecule has 4 rings (SSSR count). The van der Waals surface area contributed by atoms with Gasteiger partial charge in [-0.15, -0.1) is 0 Å². The summed E-state index contributed by atoms with van der Waals surface area (Å²) in [6.45, 7) is 13.4. The minimum Gasteiger partial charge on any atom is -0.489 e. The summed E-state index contributed by atoms with van der Waals surface area (Å²) < 4.78 is 23.0. The van der Waals surface area contributed by atoms with Crippen LogP contribution >= 0.6 is 11.6 Å². The van der Waals surface area contributed by atoms with Crippen LogP contribution in [0.4, 0.5) is 0 Å². The number of halogens is 1. The zero-order chi connectivity index (χ0) is 25.3. The lowest BCUT2D eigenvalue weighted by Gasteiger charge is -2.25. The third-order valence-electron chi connectivity index (χ3n) is 6.89. The molecular formula is C28H31ClO6. The maximum absolute atomic E-state index is 11.8. The molecule has 2 bridgehead atoms. The highest BCUT2D eigenvalue weighted by molar-refractivity contribution is 6.36. The van der Waals surface area contributed by atoms with Crippen LogP contribution in [-0.2, 0) is 19.1 Å². The van der Waals surface area contributed by atoms with Gasteiger partial charge in [-0.2, -0.15) is 0 Å². The van der Waals surface area contributed by atoms with Crippen molar-refractivity contribution in [2.45, 2.75) is 45.4 Å². The number of carbonyl (C=O) groups is 2. The van der Waals surface area contributed by atoms with E-state index in [4.69, 9.17) is 30.5 Å². The summed E-state index contributed by atoms with van der Waals surface area (Å²) in [6.07, 6.45) is 2.16. The van der Waals surface area contributed by atoms with Crippen molar-refractivity contribution in [3.05, 3.63) is 58.7 Å². The van der Waals surface area contributed by atoms with Gasteiger partial charge < -0.3 is 18.9 Å². The van der Waals surface area contributed by atoms with Gasteiger partial charge in [0.1, 0.15) is 37.9 Å². The van der Waals surface area contributed by atoms with Gasteiger partial charge in [-0.1, -0.05) is 43.8 Å². The molecule has 2 aromatic rings. The second-order valence-corrected chi connectivity index (χ2v) is 9.73. The second kappa shape index (κ2) is 10.3. The Bertz CT molecular complexity index is 1200. The number of benzene rings is 2. The van der Waals surface area contributed by atoms with E-state index in [1.54, 1.807) is 13.8 Å². The molecule has 0 aromatic heterocycles. The van der Waals surface area contributed by atoms with Crippen molar-refractivity contribution >= 4 is 34.3 Å². The zero-order valence-electron chi connectivity index (χ0n) is 20.4. The maximum atomic E-state index is 11.8. The molecule has 1 fully saturated rings. The lowest BCUT2D eigenvalue weighted by Crippen LogP contribution is -2.16. The first-order valence-electron chi connectivity index (χ1n) is 11.9. The molecule has 186 valence electrons. The normalized spacial score (nSPS) is 19.8. The Morgan fingerprint density at radius 3 is 1.94 bits per heavy atom. The highest BCUT2D eigenvalue weighted by atomic mass is 35.5. The quantitative estimate of drug-likeness (QED) is 0.224. The van der Waals surface area contributed by atoms with Crippen molar-refractivity contribution in [3.8, 4) is 11.5 Å². The van der Waals surface area contributed by atoms with E-state index in [-0.39, 0.29) is 26.4 Å². The lowest BCUT2D eigenvalue weighted by molar-refractivity contribution is -0.140. The van der Waals surface area contributed by atoms with Crippen molar-refractivity contribution in [1.29, 1.82) is 0 Å². The highest BCUT2D eigenvalue weighted by Gasteiger charge is 2.48. The first-order valence-corrected chi connectivity index (χ1v) is 12.3. The van der Waals surface area contributed by atoms with E-state index in [2.05, 4.69) is 20.1 Å². The summed E-state index contributed by atoms with van der Waals surface area (Å²) in [6, 6.07) is 5.70. The minimum atomic E-state index is -0.439. The number of hydrogen-bond donors (Lipinski definition) is 0. The Hall–Kier alpha value is -2.99. The number of ether oxygens (including phenoxy) is 4. The third kappa shape index (κ3) is 4.76. The number of esters is 2. The Labute approximate surface area is 210 Å². The van der Waals surface area contributed by atoms with E-state index in [9.17, 15) is 9.59 Å². The Balaban J connectivity index is 1.68. The van der Waals surface area contributed by atoms with Crippen molar-refractivity contribution in [2.75, 3.05) is 26.4 Å². The van der Waals surface area contributed by atoms with Crippen LogP contribution in [0.5, 0.6) is 11.5 Å². The van der Waals surface area contributed by atoms with Crippen LogP contribution in [-0.4, -0.2) is 38.4 Å². The van der Waals surface area contributed by atoms with Crippen molar-refractivity contribution in [1.82, 2.24) is 0 Å². The van der Waals surface area contributed by atoms with Crippen LogP contribution in [0.1, 0.15) is 56.6 Å². The average molecular weight is 499 g/mol. The molecule has 0 heterocycles. The molecule has 2 aromatic carbocycles. The van der Waals surface area contributed by atoms with Gasteiger partial charge in [0.25, 0.3) is 0 Å². The number of rotatable bonds is 10. The number of carbonyl (C=O) groups excluding carboxylic acids is 2. The smallest absolute Gasteiger partial charge is 0.333 e. The first-order chi connectivity index (χ1) is 16.7. The summed E-state index contributed by atoms with van der Waals surface area (Å²) >= 11 is 6.71. The highest BCUT2D eigenvalue weighted by Crippen LogP contribution is 2.64. The van der Waals surface area contributed by atoms with Gasteiger partial charge in [-0.05, 0) is 50.5 Å². The van der Waals surface area contributed by atoms with Crippen LogP contribution in [0.2, 0.25) is 5.02 Å². The van der Waals surface area contributed by atoms with E-state index >= 15 is 0 Å². The Morgan fingerprint density at radius 1 is 0.886 bits per heavy atom. The molecule has 1 saturated carbocycles. The molecule has 2 aliphatic rings. The molecular weight excluding hydrogens is 468 g/mol. The fraction of sp³-hybridized carbons (Fsp3) is 0.429. The first kappa shape index (κ1) is 25.1. The lowest BCUT2D eigenvalue weighted by atomic mass is 9.87. The standard InChI is InChI=1S/C28H31ClO6/c1-15(2)27(30)34-13-11-32-25-20-7-6-8-21(29)22(20)26(33-12-14-35-28(31)16(3)4)24-19-10-9-18(17(19)5)23(24)25/h6-8,17-19H,1,3,9-14H2,2,4-5H3. The molecule has 0 radical (unpaired) electrons. The maximum Gasteiger partial charge on any atom is 0.333 e. The van der Waals surface area contributed by atoms with Gasteiger partial charge in [0.15, 0.2) is 0 Å². The Kier molecular flexibility index (Phi) is 7.41. The zero-order valence-corrected chi connectivity index (χ0v) is 21.2. The van der Waals surface area contributed by atoms with Crippen molar-refractivity contribution < 1.29 is 28.5 Å². The summed E-state index contributed by atoms with van der Waals surface area (Å²) in [7, 11) is 0. The van der Waals surface area contributed by atoms with E-state index in [0.717, 1.165) is 46.2 Å². The Morgan fingerprint density at radius 2 is 1.40 bits per heavy atom. The van der Waals surface area contributed by atoms with Crippen LogP contribution in [0.25, 0.3) is 10.8 Å². The minimum absolute atomic E-state index is 0.113. The van der Waals surface area contributed by atoms with Crippen molar-refractivity contribution in [3.63, 3.8) is 0 Å². The van der Waals surface area contributed by atoms with E-state index in [1.807, 2.05) is 18.2 Å². The molecule has 0 spiro atoms. The summed E-state index contributed by atoms with van der Waals surface area (Å²) in [5, 5.41) is 2.21. The average Bonchev–Trinajstić information content (AvgIpc) is 3.32. The van der Waals surface area contributed by atoms with Crippen molar-refractivity contribution in [2.24, 2.45) is 5.92 Å². The van der Waals surface area contributed by atoms with Crippen LogP contribution in [0.3, 0.4) is 0 Å². The topological polar surface area (TPSA) is 71.1 Å². The second-order valence-electron chi connectivity index (χ2n) is 9.33. The van der Waals surface area contributed by atoms with Crippen LogP contribution in [0, 0.1) is 5.92 Å². The molecule has 0 amide bonds. The van der Waals surface area contributed by atoms with Gasteiger partial charge in [0, 0.05) is 33.0 Å². The fourth-order valence-corrected chi connectivity index (χ4v) is 5.55. The van der Waals surface area contributed by atoms with Gasteiger partial charge in [0.05, 0.1) is 5.02 Å². The van der Waals surface area contributed by atoms with E-state index < -0.39 is 11.9 Å². The predicted octanol–water partition coefficient (Wildman–Crippen LogP) is 6.10. The molecule has 2 aliphatic carbocycles. The van der Waals surface area contributed by atoms with Gasteiger partial charge >= 0.3 is 11.9 Å². The largest absolute Gasteiger partial charge is 0.489 e. The molecule has 0 N–H and O–H groups in total. The molecule has 3 unspecified atom stereocenters.